The number of nitriles is 1. The molecule has 0 aliphatic rings. The summed E-state index contributed by atoms with van der Waals surface area (Å²) in [7, 11) is 0. The highest BCUT2D eigenvalue weighted by Crippen LogP contribution is 2.34. The second-order valence-corrected chi connectivity index (χ2v) is 6.60. The molecular weight excluding hydrogens is 407 g/mol. The number of nitrogens with zero attached hydrogens (tertiary/aromatic N) is 1. The predicted octanol–water partition coefficient (Wildman–Crippen LogP) is 6.45. The van der Waals surface area contributed by atoms with E-state index in [0.717, 1.165) is 0 Å². The minimum absolute atomic E-state index is 0.131. The van der Waals surface area contributed by atoms with Gasteiger partial charge in [0.25, 0.3) is 5.91 Å². The maximum absolute atomic E-state index is 12.3. The van der Waals surface area contributed by atoms with Gasteiger partial charge in [0.2, 0.25) is 0 Å². The van der Waals surface area contributed by atoms with Gasteiger partial charge in [-0.2, -0.15) is 5.26 Å². The normalized spacial score (nSPS) is 11.1. The van der Waals surface area contributed by atoms with Gasteiger partial charge in [0.05, 0.1) is 20.8 Å². The second kappa shape index (κ2) is 8.32. The molecule has 0 radical (unpaired) electrons. The van der Waals surface area contributed by atoms with Crippen LogP contribution < -0.4 is 5.32 Å². The number of rotatable bonds is 4. The Hall–Kier alpha value is -2.71. The van der Waals surface area contributed by atoms with Gasteiger partial charge in [-0.3, -0.25) is 4.79 Å². The molecule has 2 aromatic carbocycles. The van der Waals surface area contributed by atoms with Gasteiger partial charge in [0.15, 0.2) is 0 Å². The van der Waals surface area contributed by atoms with Crippen LogP contribution in [0.25, 0.3) is 17.4 Å². The van der Waals surface area contributed by atoms with Gasteiger partial charge < -0.3 is 9.73 Å². The quantitative estimate of drug-likeness (QED) is 0.392. The van der Waals surface area contributed by atoms with Crippen molar-refractivity contribution < 1.29 is 9.21 Å². The minimum Gasteiger partial charge on any atom is -0.457 e. The molecular formula is C20H11Cl3N2O2. The number of nitrogens with one attached hydrogen (secondary N) is 1. The second-order valence-electron chi connectivity index (χ2n) is 5.41. The summed E-state index contributed by atoms with van der Waals surface area (Å²) in [6.07, 6.45) is 1.34. The Kier molecular flexibility index (Phi) is 5.88. The van der Waals surface area contributed by atoms with E-state index in [1.807, 2.05) is 6.07 Å². The summed E-state index contributed by atoms with van der Waals surface area (Å²) < 4.78 is 5.69. The van der Waals surface area contributed by atoms with Crippen LogP contribution >= 0.6 is 34.8 Å². The number of carbonyl (C=O) groups is 1. The molecule has 0 aliphatic carbocycles. The maximum Gasteiger partial charge on any atom is 0.266 e. The number of hydrogen-bond acceptors (Lipinski definition) is 3. The highest BCUT2D eigenvalue weighted by Gasteiger charge is 2.14. The molecule has 3 aromatic rings. The fourth-order valence-electron chi connectivity index (χ4n) is 2.31. The number of hydrogen-bond donors (Lipinski definition) is 1. The van der Waals surface area contributed by atoms with Crippen molar-refractivity contribution in [3.8, 4) is 17.4 Å². The smallest absolute Gasteiger partial charge is 0.266 e. The van der Waals surface area contributed by atoms with Crippen LogP contribution in [0, 0.1) is 11.3 Å². The van der Waals surface area contributed by atoms with Gasteiger partial charge in [-0.1, -0.05) is 53.0 Å². The first-order chi connectivity index (χ1) is 13.0. The summed E-state index contributed by atoms with van der Waals surface area (Å²) in [4.78, 5) is 12.3. The largest absolute Gasteiger partial charge is 0.457 e. The van der Waals surface area contributed by atoms with E-state index in [-0.39, 0.29) is 5.57 Å². The molecule has 0 unspecified atom stereocenters. The highest BCUT2D eigenvalue weighted by molar-refractivity contribution is 6.43. The topological polar surface area (TPSA) is 66.0 Å². The van der Waals surface area contributed by atoms with Crippen LogP contribution in [0.5, 0.6) is 0 Å². The summed E-state index contributed by atoms with van der Waals surface area (Å²) >= 11 is 18.2. The van der Waals surface area contributed by atoms with Crippen molar-refractivity contribution in [3.63, 3.8) is 0 Å². The lowest BCUT2D eigenvalue weighted by Gasteiger charge is -2.05. The average molecular weight is 418 g/mol. The molecule has 0 spiro atoms. The number of halogens is 3. The number of furan rings is 1. The Bertz CT molecular complexity index is 1080. The van der Waals surface area contributed by atoms with Crippen LogP contribution in [-0.2, 0) is 4.79 Å². The molecule has 3 rings (SSSR count). The van der Waals surface area contributed by atoms with Crippen LogP contribution in [-0.4, -0.2) is 5.91 Å². The van der Waals surface area contributed by atoms with E-state index < -0.39 is 5.91 Å². The van der Waals surface area contributed by atoms with Crippen LogP contribution in [0.1, 0.15) is 5.76 Å². The molecule has 0 atom stereocenters. The van der Waals surface area contributed by atoms with Crippen LogP contribution in [0.2, 0.25) is 15.1 Å². The third-order valence-corrected chi connectivity index (χ3v) is 4.77. The molecule has 7 heteroatoms. The Morgan fingerprint density at radius 3 is 2.48 bits per heavy atom. The maximum atomic E-state index is 12.3. The van der Waals surface area contributed by atoms with E-state index in [1.165, 1.54) is 6.08 Å². The molecule has 0 saturated heterocycles. The van der Waals surface area contributed by atoms with E-state index in [2.05, 4.69) is 5.32 Å². The summed E-state index contributed by atoms with van der Waals surface area (Å²) in [5, 5.41) is 13.1. The van der Waals surface area contributed by atoms with Gasteiger partial charge in [-0.05, 0) is 36.4 Å². The van der Waals surface area contributed by atoms with Crippen LogP contribution in [0.3, 0.4) is 0 Å². The van der Waals surface area contributed by atoms with Crippen molar-refractivity contribution in [2.24, 2.45) is 0 Å². The van der Waals surface area contributed by atoms with Gasteiger partial charge in [0.1, 0.15) is 23.2 Å². The van der Waals surface area contributed by atoms with E-state index in [4.69, 9.17) is 39.2 Å². The molecule has 0 bridgehead atoms. The lowest BCUT2D eigenvalue weighted by Crippen LogP contribution is -2.13. The molecule has 1 heterocycles. The first kappa shape index (κ1) is 19.1. The van der Waals surface area contributed by atoms with E-state index in [0.29, 0.717) is 37.8 Å². The van der Waals surface area contributed by atoms with Crippen LogP contribution in [0.4, 0.5) is 5.69 Å². The Balaban J connectivity index is 1.86. The molecule has 1 N–H and O–H groups in total. The lowest BCUT2D eigenvalue weighted by molar-refractivity contribution is -0.112. The summed E-state index contributed by atoms with van der Waals surface area (Å²) in [5.74, 6) is 0.203. The number of amides is 1. The zero-order valence-electron chi connectivity index (χ0n) is 13.7. The predicted molar refractivity (Wildman–Crippen MR) is 108 cm³/mol. The third-order valence-electron chi connectivity index (χ3n) is 3.62. The third kappa shape index (κ3) is 4.35. The highest BCUT2D eigenvalue weighted by atomic mass is 35.5. The van der Waals surface area contributed by atoms with Crippen molar-refractivity contribution in [1.29, 1.82) is 5.26 Å². The van der Waals surface area contributed by atoms with Crippen molar-refractivity contribution in [3.05, 3.63) is 81.0 Å². The molecule has 1 aromatic heterocycles. The zero-order valence-corrected chi connectivity index (χ0v) is 15.9. The van der Waals surface area contributed by atoms with Gasteiger partial charge in [-0.25, -0.2) is 0 Å². The molecule has 27 heavy (non-hydrogen) atoms. The first-order valence-corrected chi connectivity index (χ1v) is 8.85. The van der Waals surface area contributed by atoms with Gasteiger partial charge >= 0.3 is 0 Å². The fourth-order valence-corrected chi connectivity index (χ4v) is 2.89. The first-order valence-electron chi connectivity index (χ1n) is 7.71. The zero-order chi connectivity index (χ0) is 19.4. The molecule has 0 fully saturated rings. The van der Waals surface area contributed by atoms with Crippen molar-refractivity contribution in [2.75, 3.05) is 5.32 Å². The number of benzene rings is 2. The standard InChI is InChI=1S/C20H11Cl3N2O2/c21-15-5-1-2-7-17(15)25-20(26)12(11-24)10-13-8-9-18(27-13)14-4-3-6-16(22)19(14)23/h1-10H,(H,25,26). The van der Waals surface area contributed by atoms with Crippen molar-refractivity contribution in [2.45, 2.75) is 0 Å². The molecule has 1 amide bonds. The average Bonchev–Trinajstić information content (AvgIpc) is 3.12. The number of carbonyl (C=O) groups excluding carboxylic acids is 1. The van der Waals surface area contributed by atoms with E-state index in [1.54, 1.807) is 54.6 Å². The Labute approximate surface area is 170 Å². The fraction of sp³-hybridized carbons (Fsp3) is 0. The van der Waals surface area contributed by atoms with Crippen LogP contribution in [0.15, 0.2) is 64.6 Å². The lowest BCUT2D eigenvalue weighted by atomic mass is 10.2. The van der Waals surface area contributed by atoms with Crippen molar-refractivity contribution >= 4 is 52.5 Å². The molecule has 4 nitrogen and oxygen atoms in total. The molecule has 0 aliphatic heterocycles. The van der Waals surface area contributed by atoms with E-state index >= 15 is 0 Å². The monoisotopic (exact) mass is 416 g/mol. The summed E-state index contributed by atoms with van der Waals surface area (Å²) in [6.45, 7) is 0. The molecule has 0 saturated carbocycles. The number of para-hydroxylation sites is 1. The van der Waals surface area contributed by atoms with Gasteiger partial charge in [0, 0.05) is 11.6 Å². The molecule has 134 valence electrons. The van der Waals surface area contributed by atoms with E-state index in [9.17, 15) is 10.1 Å². The van der Waals surface area contributed by atoms with Gasteiger partial charge in [-0.15, -0.1) is 0 Å². The Morgan fingerprint density at radius 1 is 1.00 bits per heavy atom. The summed E-state index contributed by atoms with van der Waals surface area (Å²) in [6, 6.07) is 17.1. The van der Waals surface area contributed by atoms with Crippen molar-refractivity contribution in [1.82, 2.24) is 0 Å². The summed E-state index contributed by atoms with van der Waals surface area (Å²) in [5.41, 5.74) is 0.895. The Morgan fingerprint density at radius 2 is 1.74 bits per heavy atom. The minimum atomic E-state index is -0.593. The number of anilines is 1. The SMILES string of the molecule is N#CC(=Cc1ccc(-c2cccc(Cl)c2Cl)o1)C(=O)Nc1ccccc1Cl.